The van der Waals surface area contributed by atoms with Crippen LogP contribution in [-0.2, 0) is 9.47 Å². The SMILES string of the molecule is CCCC(C)C1(C2OCC(CCCC(F)(F)F)CO2)CCCCC1. The molecule has 1 saturated carbocycles. The molecular formula is C19H33F3O2. The summed E-state index contributed by atoms with van der Waals surface area (Å²) >= 11 is 0. The highest BCUT2D eigenvalue weighted by molar-refractivity contribution is 4.91. The molecule has 1 atom stereocenters. The van der Waals surface area contributed by atoms with Gasteiger partial charge in [-0.15, -0.1) is 0 Å². The third kappa shape index (κ3) is 5.35. The number of rotatable bonds is 7. The quantitative estimate of drug-likeness (QED) is 0.553. The molecule has 0 N–H and O–H groups in total. The van der Waals surface area contributed by atoms with Crippen LogP contribution in [0.15, 0.2) is 0 Å². The molecule has 2 fully saturated rings. The van der Waals surface area contributed by atoms with Crippen LogP contribution >= 0.6 is 0 Å². The predicted octanol–water partition coefficient (Wildman–Crippen LogP) is 6.09. The molecular weight excluding hydrogens is 317 g/mol. The second-order valence-electron chi connectivity index (χ2n) is 7.86. The zero-order valence-corrected chi connectivity index (χ0v) is 15.2. The van der Waals surface area contributed by atoms with E-state index in [2.05, 4.69) is 13.8 Å². The van der Waals surface area contributed by atoms with Crippen molar-refractivity contribution in [1.82, 2.24) is 0 Å². The summed E-state index contributed by atoms with van der Waals surface area (Å²) in [6.07, 6.45) is 4.16. The van der Waals surface area contributed by atoms with E-state index in [1.165, 1.54) is 25.7 Å². The zero-order chi connectivity index (χ0) is 17.6. The molecule has 0 radical (unpaired) electrons. The number of alkyl halides is 3. The Hall–Kier alpha value is -0.290. The Labute approximate surface area is 144 Å². The molecule has 2 nitrogen and oxygen atoms in total. The van der Waals surface area contributed by atoms with Crippen LogP contribution in [0.25, 0.3) is 0 Å². The highest BCUT2D eigenvalue weighted by Crippen LogP contribution is 2.49. The fourth-order valence-electron chi connectivity index (χ4n) is 4.52. The van der Waals surface area contributed by atoms with Gasteiger partial charge in [0.25, 0.3) is 0 Å². The standard InChI is InChI=1S/C19H33F3O2/c1-3-8-15(2)18(10-5-4-6-11-18)17-23-13-16(14-24-17)9-7-12-19(20,21)22/h15-17H,3-14H2,1-2H3. The fraction of sp³-hybridized carbons (Fsp3) is 1.00. The molecule has 142 valence electrons. The van der Waals surface area contributed by atoms with E-state index < -0.39 is 12.6 Å². The average Bonchev–Trinajstić information content (AvgIpc) is 2.55. The lowest BCUT2D eigenvalue weighted by Crippen LogP contribution is -2.49. The topological polar surface area (TPSA) is 18.5 Å². The molecule has 5 heteroatoms. The van der Waals surface area contributed by atoms with Crippen molar-refractivity contribution in [1.29, 1.82) is 0 Å². The first-order valence-electron chi connectivity index (χ1n) is 9.67. The van der Waals surface area contributed by atoms with Gasteiger partial charge in [-0.3, -0.25) is 0 Å². The van der Waals surface area contributed by atoms with E-state index in [1.807, 2.05) is 0 Å². The number of ether oxygens (including phenoxy) is 2. The Kier molecular flexibility index (Phi) is 7.41. The maximum Gasteiger partial charge on any atom is 0.389 e. The Morgan fingerprint density at radius 1 is 1.08 bits per heavy atom. The minimum Gasteiger partial charge on any atom is -0.352 e. The van der Waals surface area contributed by atoms with Gasteiger partial charge in [0.15, 0.2) is 6.29 Å². The largest absolute Gasteiger partial charge is 0.389 e. The molecule has 1 aliphatic carbocycles. The Morgan fingerprint density at radius 3 is 2.25 bits per heavy atom. The van der Waals surface area contributed by atoms with E-state index in [0.29, 0.717) is 25.6 Å². The average molecular weight is 350 g/mol. The van der Waals surface area contributed by atoms with Crippen LogP contribution in [0.4, 0.5) is 13.2 Å². The Balaban J connectivity index is 1.86. The normalized spacial score (nSPS) is 29.4. The third-order valence-electron chi connectivity index (χ3n) is 6.00. The van der Waals surface area contributed by atoms with E-state index in [0.717, 1.165) is 19.3 Å². The van der Waals surface area contributed by atoms with Gasteiger partial charge >= 0.3 is 6.18 Å². The van der Waals surface area contributed by atoms with Crippen LogP contribution in [0.1, 0.15) is 78.1 Å². The molecule has 0 aromatic rings. The molecule has 0 aromatic heterocycles. The molecule has 1 unspecified atom stereocenters. The summed E-state index contributed by atoms with van der Waals surface area (Å²) in [6.45, 7) is 5.62. The van der Waals surface area contributed by atoms with Crippen LogP contribution in [0, 0.1) is 17.3 Å². The monoisotopic (exact) mass is 350 g/mol. The van der Waals surface area contributed by atoms with Gasteiger partial charge in [-0.25, -0.2) is 0 Å². The molecule has 0 bridgehead atoms. The summed E-state index contributed by atoms with van der Waals surface area (Å²) in [6, 6.07) is 0. The summed E-state index contributed by atoms with van der Waals surface area (Å²) in [4.78, 5) is 0. The van der Waals surface area contributed by atoms with Crippen molar-refractivity contribution >= 4 is 0 Å². The molecule has 0 spiro atoms. The van der Waals surface area contributed by atoms with Gasteiger partial charge in [-0.1, -0.05) is 46.0 Å². The lowest BCUT2D eigenvalue weighted by atomic mass is 9.64. The summed E-state index contributed by atoms with van der Waals surface area (Å²) in [5.74, 6) is 0.667. The van der Waals surface area contributed by atoms with Gasteiger partial charge in [0, 0.05) is 17.8 Å². The second kappa shape index (κ2) is 8.88. The zero-order valence-electron chi connectivity index (χ0n) is 15.2. The van der Waals surface area contributed by atoms with Gasteiger partial charge in [0.2, 0.25) is 0 Å². The molecule has 0 aromatic carbocycles. The van der Waals surface area contributed by atoms with Gasteiger partial charge in [0.05, 0.1) is 13.2 Å². The summed E-state index contributed by atoms with van der Waals surface area (Å²) in [7, 11) is 0. The molecule has 2 aliphatic rings. The molecule has 1 saturated heterocycles. The lowest BCUT2D eigenvalue weighted by Gasteiger charge is -2.49. The smallest absolute Gasteiger partial charge is 0.352 e. The van der Waals surface area contributed by atoms with Crippen molar-refractivity contribution in [3.63, 3.8) is 0 Å². The molecule has 0 amide bonds. The number of hydrogen-bond donors (Lipinski definition) is 0. The number of hydrogen-bond acceptors (Lipinski definition) is 2. The predicted molar refractivity (Wildman–Crippen MR) is 88.7 cm³/mol. The highest BCUT2D eigenvalue weighted by atomic mass is 19.4. The van der Waals surface area contributed by atoms with E-state index in [1.54, 1.807) is 0 Å². The van der Waals surface area contributed by atoms with Crippen molar-refractivity contribution in [3.05, 3.63) is 0 Å². The summed E-state index contributed by atoms with van der Waals surface area (Å²) in [5.41, 5.74) is 0.102. The van der Waals surface area contributed by atoms with Crippen molar-refractivity contribution in [3.8, 4) is 0 Å². The molecule has 1 aliphatic heterocycles. The number of halogens is 3. The Bertz CT molecular complexity index is 356. The van der Waals surface area contributed by atoms with Crippen LogP contribution in [0.2, 0.25) is 0 Å². The molecule has 1 heterocycles. The van der Waals surface area contributed by atoms with Crippen molar-refractivity contribution < 1.29 is 22.6 Å². The van der Waals surface area contributed by atoms with Crippen LogP contribution < -0.4 is 0 Å². The van der Waals surface area contributed by atoms with Crippen LogP contribution in [0.3, 0.4) is 0 Å². The van der Waals surface area contributed by atoms with Gasteiger partial charge < -0.3 is 9.47 Å². The van der Waals surface area contributed by atoms with E-state index >= 15 is 0 Å². The van der Waals surface area contributed by atoms with Crippen molar-refractivity contribution in [2.24, 2.45) is 17.3 Å². The minimum atomic E-state index is -4.05. The first-order chi connectivity index (χ1) is 11.4. The van der Waals surface area contributed by atoms with E-state index in [-0.39, 0.29) is 24.0 Å². The maximum absolute atomic E-state index is 12.3. The molecule has 2 rings (SSSR count). The third-order valence-corrected chi connectivity index (χ3v) is 6.00. The van der Waals surface area contributed by atoms with E-state index in [9.17, 15) is 13.2 Å². The van der Waals surface area contributed by atoms with Crippen LogP contribution in [0.5, 0.6) is 0 Å². The van der Waals surface area contributed by atoms with Gasteiger partial charge in [0.1, 0.15) is 0 Å². The molecule has 24 heavy (non-hydrogen) atoms. The summed E-state index contributed by atoms with van der Waals surface area (Å²) < 4.78 is 49.0. The van der Waals surface area contributed by atoms with E-state index in [4.69, 9.17) is 9.47 Å². The van der Waals surface area contributed by atoms with Gasteiger partial charge in [-0.05, 0) is 31.6 Å². The summed E-state index contributed by atoms with van der Waals surface area (Å²) in [5, 5.41) is 0. The Morgan fingerprint density at radius 2 is 1.71 bits per heavy atom. The van der Waals surface area contributed by atoms with Crippen molar-refractivity contribution in [2.75, 3.05) is 13.2 Å². The van der Waals surface area contributed by atoms with Crippen molar-refractivity contribution in [2.45, 2.75) is 90.5 Å². The first kappa shape index (κ1) is 20.0. The first-order valence-corrected chi connectivity index (χ1v) is 9.67. The maximum atomic E-state index is 12.3. The fourth-order valence-corrected chi connectivity index (χ4v) is 4.52. The second-order valence-corrected chi connectivity index (χ2v) is 7.86. The lowest BCUT2D eigenvalue weighted by molar-refractivity contribution is -0.272. The minimum absolute atomic E-state index is 0.102. The van der Waals surface area contributed by atoms with Crippen LogP contribution in [-0.4, -0.2) is 25.7 Å². The highest BCUT2D eigenvalue weighted by Gasteiger charge is 2.46. The van der Waals surface area contributed by atoms with Gasteiger partial charge in [-0.2, -0.15) is 13.2 Å².